The molecule has 0 rings (SSSR count). The normalized spacial score (nSPS) is 14.7. The van der Waals surface area contributed by atoms with Crippen LogP contribution in [0.4, 0.5) is 0 Å². The lowest BCUT2D eigenvalue weighted by Crippen LogP contribution is -2.30. The lowest BCUT2D eigenvalue weighted by atomic mass is 9.99. The summed E-state index contributed by atoms with van der Waals surface area (Å²) < 4.78 is 68.2. The number of hydrogen-bond donors (Lipinski definition) is 3. The van der Waals surface area contributed by atoms with Gasteiger partial charge in [-0.2, -0.15) is 0 Å². The van der Waals surface area contributed by atoms with Gasteiger partial charge in [-0.25, -0.2) is 9.13 Å². The molecule has 552 valence electrons. The number of carbonyl (C=O) groups is 4. The molecule has 0 bridgehead atoms. The fourth-order valence-corrected chi connectivity index (χ4v) is 12.8. The molecule has 19 heteroatoms. The molecule has 7 atom stereocenters. The van der Waals surface area contributed by atoms with Crippen molar-refractivity contribution in [2.45, 2.75) is 394 Å². The molecule has 0 aromatic heterocycles. The number of aliphatic hydroxyl groups excluding tert-OH is 1. The summed E-state index contributed by atoms with van der Waals surface area (Å²) in [5.41, 5.74) is 0. The van der Waals surface area contributed by atoms with Gasteiger partial charge in [-0.1, -0.05) is 325 Å². The maximum atomic E-state index is 13.1. The number of carbonyl (C=O) groups excluding carboxylic acids is 4. The van der Waals surface area contributed by atoms with E-state index in [2.05, 4.69) is 48.5 Å². The van der Waals surface area contributed by atoms with Crippen LogP contribution in [0, 0.1) is 17.8 Å². The molecule has 0 aromatic rings. The molecule has 0 saturated carbocycles. The Morgan fingerprint density at radius 3 is 0.817 bits per heavy atom. The SMILES string of the molecule is CCCCCCCC(=O)OC[C@H](COP(=O)(O)OC[C@H](O)COP(=O)(O)OC[C@@H](COC(=O)CCCCCCCCCCCCCCCC(C)C)OC(=O)CCCCCCCCCCCCCCCCCCCCC(C)CC)OC(=O)CCCCCCCCC(C)CC. The number of ether oxygens (including phenoxy) is 4. The van der Waals surface area contributed by atoms with E-state index < -0.39 is 97.5 Å². The second-order valence-electron chi connectivity index (χ2n) is 27.6. The van der Waals surface area contributed by atoms with Crippen LogP contribution < -0.4 is 0 Å². The monoisotopic (exact) mass is 1370 g/mol. The summed E-state index contributed by atoms with van der Waals surface area (Å²) in [5, 5.41) is 10.6. The van der Waals surface area contributed by atoms with E-state index in [4.69, 9.17) is 37.0 Å². The number of aliphatic hydroxyl groups is 1. The van der Waals surface area contributed by atoms with Gasteiger partial charge in [0.15, 0.2) is 12.2 Å². The summed E-state index contributed by atoms with van der Waals surface area (Å²) in [5.74, 6) is 0.247. The molecule has 0 saturated heterocycles. The third kappa shape index (κ3) is 65.8. The molecule has 3 N–H and O–H groups in total. The van der Waals surface area contributed by atoms with Crippen LogP contribution in [0.25, 0.3) is 0 Å². The maximum absolute atomic E-state index is 13.1. The van der Waals surface area contributed by atoms with Crippen molar-refractivity contribution >= 4 is 39.5 Å². The van der Waals surface area contributed by atoms with Crippen molar-refractivity contribution in [1.29, 1.82) is 0 Å². The Labute approximate surface area is 568 Å². The summed E-state index contributed by atoms with van der Waals surface area (Å²) in [6.45, 7) is 11.8. The highest BCUT2D eigenvalue weighted by molar-refractivity contribution is 7.47. The molecule has 0 amide bonds. The Morgan fingerprint density at radius 1 is 0.312 bits per heavy atom. The summed E-state index contributed by atoms with van der Waals surface area (Å²) in [4.78, 5) is 72.4. The van der Waals surface area contributed by atoms with E-state index >= 15 is 0 Å². The molecule has 0 aromatic carbocycles. The lowest BCUT2D eigenvalue weighted by Gasteiger charge is -2.21. The molecule has 0 spiro atoms. The van der Waals surface area contributed by atoms with Crippen molar-refractivity contribution < 1.29 is 80.2 Å². The van der Waals surface area contributed by atoms with Crippen molar-refractivity contribution in [2.75, 3.05) is 39.6 Å². The molecular weight excluding hydrogens is 1220 g/mol. The maximum Gasteiger partial charge on any atom is 0.472 e. The van der Waals surface area contributed by atoms with E-state index in [1.54, 1.807) is 0 Å². The smallest absolute Gasteiger partial charge is 0.462 e. The molecule has 0 heterocycles. The van der Waals surface area contributed by atoms with Gasteiger partial charge in [-0.05, 0) is 43.4 Å². The number of rotatable bonds is 72. The molecule has 0 aliphatic rings. The van der Waals surface area contributed by atoms with Crippen LogP contribution in [0.15, 0.2) is 0 Å². The predicted octanol–water partition coefficient (Wildman–Crippen LogP) is 21.4. The fraction of sp³-hybridized carbons (Fsp3) is 0.946. The number of phosphoric ester groups is 2. The fourth-order valence-electron chi connectivity index (χ4n) is 11.2. The minimum absolute atomic E-state index is 0.102. The molecule has 0 aliphatic heterocycles. The van der Waals surface area contributed by atoms with Gasteiger partial charge < -0.3 is 33.8 Å². The quantitative estimate of drug-likeness (QED) is 0.0222. The first kappa shape index (κ1) is 91.1. The highest BCUT2D eigenvalue weighted by Gasteiger charge is 2.30. The first-order valence-corrected chi connectivity index (χ1v) is 41.4. The molecule has 93 heavy (non-hydrogen) atoms. The molecular formula is C74H144O17P2. The Bertz CT molecular complexity index is 1820. The van der Waals surface area contributed by atoms with E-state index in [0.29, 0.717) is 25.7 Å². The largest absolute Gasteiger partial charge is 0.472 e. The van der Waals surface area contributed by atoms with Crippen molar-refractivity contribution in [3.05, 3.63) is 0 Å². The average Bonchev–Trinajstić information content (AvgIpc) is 1.96. The van der Waals surface area contributed by atoms with Crippen molar-refractivity contribution in [2.24, 2.45) is 17.8 Å². The first-order chi connectivity index (χ1) is 44.8. The van der Waals surface area contributed by atoms with Crippen LogP contribution in [0.1, 0.15) is 376 Å². The second-order valence-corrected chi connectivity index (χ2v) is 30.6. The molecule has 0 aliphatic carbocycles. The highest BCUT2D eigenvalue weighted by Crippen LogP contribution is 2.45. The van der Waals surface area contributed by atoms with Gasteiger partial charge in [0.1, 0.15) is 19.3 Å². The van der Waals surface area contributed by atoms with Crippen LogP contribution in [-0.4, -0.2) is 96.7 Å². The summed E-state index contributed by atoms with van der Waals surface area (Å²) in [6, 6.07) is 0. The summed E-state index contributed by atoms with van der Waals surface area (Å²) >= 11 is 0. The van der Waals surface area contributed by atoms with Gasteiger partial charge >= 0.3 is 39.5 Å². The summed E-state index contributed by atoms with van der Waals surface area (Å²) in [6.07, 6.45) is 50.5. The zero-order valence-corrected chi connectivity index (χ0v) is 62.5. The van der Waals surface area contributed by atoms with Crippen molar-refractivity contribution in [3.63, 3.8) is 0 Å². The van der Waals surface area contributed by atoms with E-state index in [1.165, 1.54) is 180 Å². The van der Waals surface area contributed by atoms with Gasteiger partial charge in [-0.15, -0.1) is 0 Å². The van der Waals surface area contributed by atoms with E-state index in [-0.39, 0.29) is 25.7 Å². The van der Waals surface area contributed by atoms with Gasteiger partial charge in [0.25, 0.3) is 0 Å². The van der Waals surface area contributed by atoms with E-state index in [9.17, 15) is 43.2 Å². The van der Waals surface area contributed by atoms with Crippen LogP contribution in [0.2, 0.25) is 0 Å². The highest BCUT2D eigenvalue weighted by atomic mass is 31.2. The Balaban J connectivity index is 5.11. The van der Waals surface area contributed by atoms with Gasteiger partial charge in [0, 0.05) is 25.7 Å². The van der Waals surface area contributed by atoms with Crippen molar-refractivity contribution in [1.82, 2.24) is 0 Å². The zero-order chi connectivity index (χ0) is 68.7. The first-order valence-electron chi connectivity index (χ1n) is 38.4. The minimum Gasteiger partial charge on any atom is -0.462 e. The van der Waals surface area contributed by atoms with Crippen LogP contribution in [-0.2, 0) is 65.4 Å². The number of hydrogen-bond acceptors (Lipinski definition) is 15. The average molecular weight is 1370 g/mol. The van der Waals surface area contributed by atoms with Gasteiger partial charge in [0.2, 0.25) is 0 Å². The van der Waals surface area contributed by atoms with Gasteiger partial charge in [-0.3, -0.25) is 37.3 Å². The number of unbranched alkanes of at least 4 members (excludes halogenated alkanes) is 38. The topological polar surface area (TPSA) is 237 Å². The number of phosphoric acid groups is 2. The Hall–Kier alpha value is -1.94. The minimum atomic E-state index is -4.95. The van der Waals surface area contributed by atoms with Crippen LogP contribution in [0.5, 0.6) is 0 Å². The molecule has 4 unspecified atom stereocenters. The predicted molar refractivity (Wildman–Crippen MR) is 377 cm³/mol. The third-order valence-electron chi connectivity index (χ3n) is 17.9. The van der Waals surface area contributed by atoms with Crippen LogP contribution >= 0.6 is 15.6 Å². The van der Waals surface area contributed by atoms with Gasteiger partial charge in [0.05, 0.1) is 26.4 Å². The lowest BCUT2D eigenvalue weighted by molar-refractivity contribution is -0.161. The molecule has 0 radical (unpaired) electrons. The summed E-state index contributed by atoms with van der Waals surface area (Å²) in [7, 11) is -9.90. The van der Waals surface area contributed by atoms with Crippen LogP contribution in [0.3, 0.4) is 0 Å². The standard InChI is InChI=1S/C74H144O17P2/c1-8-11-12-38-48-55-71(76)84-61-69(91-74(79)58-51-44-37-36-41-47-54-67(7)10-3)63-88-92(80,81)86-59-68(75)60-87-93(82,83)89-64-70(62-85-72(77)56-49-42-34-30-26-23-19-20-24-28-32-39-45-52-65(4)5)90-73(78)57-50-43-35-31-27-22-18-16-14-13-15-17-21-25-29-33-40-46-53-66(6)9-2/h65-70,75H,8-64H2,1-7H3,(H,80,81)(H,82,83)/t66?,67?,68-,69+,70+/m0/s1. The second kappa shape index (κ2) is 64.7. The third-order valence-corrected chi connectivity index (χ3v) is 19.8. The van der Waals surface area contributed by atoms with Crippen molar-refractivity contribution in [3.8, 4) is 0 Å². The Morgan fingerprint density at radius 2 is 0.548 bits per heavy atom. The van der Waals surface area contributed by atoms with E-state index in [0.717, 1.165) is 114 Å². The number of esters is 4. The van der Waals surface area contributed by atoms with E-state index in [1.807, 2.05) is 0 Å². The zero-order valence-electron chi connectivity index (χ0n) is 60.7. The Kier molecular flexibility index (Phi) is 63.4. The molecule has 0 fully saturated rings. The molecule has 17 nitrogen and oxygen atoms in total.